The van der Waals surface area contributed by atoms with Crippen molar-refractivity contribution in [3.63, 3.8) is 0 Å². The van der Waals surface area contributed by atoms with Crippen molar-refractivity contribution in [1.29, 1.82) is 0 Å². The van der Waals surface area contributed by atoms with E-state index in [0.29, 0.717) is 15.8 Å². The molecule has 0 bridgehead atoms. The Morgan fingerprint density at radius 3 is 2.68 bits per heavy atom. The number of piperazine rings is 1. The molecule has 2 aromatic heterocycles. The van der Waals surface area contributed by atoms with E-state index in [-0.39, 0.29) is 11.9 Å². The molecule has 1 unspecified atom stereocenters. The van der Waals surface area contributed by atoms with Crippen LogP contribution in [0.1, 0.15) is 22.3 Å². The van der Waals surface area contributed by atoms with E-state index in [1.807, 2.05) is 25.1 Å². The fourth-order valence-corrected chi connectivity index (χ4v) is 4.67. The van der Waals surface area contributed by atoms with Crippen LogP contribution in [0, 0.1) is 6.92 Å². The molecule has 25 heavy (non-hydrogen) atoms. The molecule has 1 atom stereocenters. The van der Waals surface area contributed by atoms with E-state index in [1.54, 1.807) is 0 Å². The topological polar surface area (TPSA) is 56.9 Å². The summed E-state index contributed by atoms with van der Waals surface area (Å²) in [7, 11) is 2.13. The molecule has 3 heterocycles. The molecule has 0 aliphatic carbocycles. The highest BCUT2D eigenvalue weighted by Crippen LogP contribution is 2.40. The Labute approximate surface area is 155 Å². The highest BCUT2D eigenvalue weighted by atomic mass is 35.5. The summed E-state index contributed by atoms with van der Waals surface area (Å²) in [5.74, 6) is 0.830. The van der Waals surface area contributed by atoms with Crippen molar-refractivity contribution in [1.82, 2.24) is 24.4 Å². The van der Waals surface area contributed by atoms with Crippen LogP contribution >= 0.6 is 22.9 Å². The van der Waals surface area contributed by atoms with Crippen LogP contribution < -0.4 is 0 Å². The van der Waals surface area contributed by atoms with Crippen molar-refractivity contribution in [3.05, 3.63) is 45.6 Å². The first-order chi connectivity index (χ1) is 12.0. The van der Waals surface area contributed by atoms with Gasteiger partial charge in [-0.05, 0) is 31.7 Å². The third kappa shape index (κ3) is 3.13. The molecule has 4 rings (SSSR count). The Morgan fingerprint density at radius 2 is 2.00 bits per heavy atom. The van der Waals surface area contributed by atoms with Crippen molar-refractivity contribution in [2.75, 3.05) is 33.2 Å². The number of thiazole rings is 1. The minimum absolute atomic E-state index is 0.0544. The van der Waals surface area contributed by atoms with Crippen LogP contribution in [0.3, 0.4) is 0 Å². The van der Waals surface area contributed by atoms with Gasteiger partial charge in [-0.3, -0.25) is 4.90 Å². The molecular weight excluding hydrogens is 358 g/mol. The number of rotatable bonds is 3. The van der Waals surface area contributed by atoms with E-state index >= 15 is 0 Å². The quantitative estimate of drug-likeness (QED) is 0.760. The van der Waals surface area contributed by atoms with Crippen LogP contribution in [0.25, 0.3) is 4.96 Å². The van der Waals surface area contributed by atoms with Crippen molar-refractivity contribution < 1.29 is 5.11 Å². The summed E-state index contributed by atoms with van der Waals surface area (Å²) >= 11 is 7.73. The summed E-state index contributed by atoms with van der Waals surface area (Å²) in [5, 5.41) is 15.8. The number of aromatic hydroxyl groups is 1. The van der Waals surface area contributed by atoms with Gasteiger partial charge in [0.05, 0.1) is 10.9 Å². The van der Waals surface area contributed by atoms with Crippen LogP contribution in [0.4, 0.5) is 0 Å². The standard InChI is InChI=1S/C17H20ClN5OS/c1-11-19-17-23(20-11)16(24)15(25-17)14(12-4-3-5-13(18)10-12)22-8-6-21(2)7-9-22/h3-5,10,14,24H,6-9H2,1-2H3. The van der Waals surface area contributed by atoms with Gasteiger partial charge in [-0.25, -0.2) is 4.98 Å². The third-order valence-electron chi connectivity index (χ3n) is 4.62. The highest BCUT2D eigenvalue weighted by molar-refractivity contribution is 7.17. The lowest BCUT2D eigenvalue weighted by molar-refractivity contribution is 0.127. The fourth-order valence-electron chi connectivity index (χ4n) is 3.31. The number of hydrogen-bond acceptors (Lipinski definition) is 6. The molecule has 6 nitrogen and oxygen atoms in total. The van der Waals surface area contributed by atoms with Crippen LogP contribution in [0.2, 0.25) is 5.02 Å². The minimum atomic E-state index is -0.0544. The lowest BCUT2D eigenvalue weighted by atomic mass is 10.0. The molecule has 1 saturated heterocycles. The van der Waals surface area contributed by atoms with Gasteiger partial charge in [0.15, 0.2) is 0 Å². The molecule has 8 heteroatoms. The van der Waals surface area contributed by atoms with Crippen LogP contribution in [-0.4, -0.2) is 62.7 Å². The largest absolute Gasteiger partial charge is 0.492 e. The zero-order valence-electron chi connectivity index (χ0n) is 14.2. The maximum atomic E-state index is 10.8. The number of fused-ring (bicyclic) bond motifs is 1. The second-order valence-electron chi connectivity index (χ2n) is 6.44. The summed E-state index contributed by atoms with van der Waals surface area (Å²) in [6, 6.07) is 7.82. The van der Waals surface area contributed by atoms with E-state index in [2.05, 4.69) is 33.0 Å². The van der Waals surface area contributed by atoms with Crippen LogP contribution in [0.5, 0.6) is 5.88 Å². The third-order valence-corrected chi connectivity index (χ3v) is 5.93. The molecule has 0 saturated carbocycles. The summed E-state index contributed by atoms with van der Waals surface area (Å²) in [6.07, 6.45) is 0. The Bertz CT molecular complexity index is 900. The van der Waals surface area contributed by atoms with Gasteiger partial charge in [-0.15, -0.1) is 5.10 Å². The number of likely N-dealkylation sites (N-methyl/N-ethyl adjacent to an activating group) is 1. The van der Waals surface area contributed by atoms with Gasteiger partial charge in [0, 0.05) is 31.2 Å². The zero-order chi connectivity index (χ0) is 17.6. The van der Waals surface area contributed by atoms with E-state index in [0.717, 1.165) is 36.6 Å². The van der Waals surface area contributed by atoms with Gasteiger partial charge in [-0.1, -0.05) is 35.1 Å². The minimum Gasteiger partial charge on any atom is -0.492 e. The Balaban J connectivity index is 1.81. The van der Waals surface area contributed by atoms with E-state index in [9.17, 15) is 5.11 Å². The summed E-state index contributed by atoms with van der Waals surface area (Å²) < 4.78 is 1.53. The van der Waals surface area contributed by atoms with Gasteiger partial charge in [-0.2, -0.15) is 4.52 Å². The lowest BCUT2D eigenvalue weighted by Gasteiger charge is -2.37. The Hall–Kier alpha value is -1.67. The highest BCUT2D eigenvalue weighted by Gasteiger charge is 2.31. The Kier molecular flexibility index (Phi) is 4.41. The maximum absolute atomic E-state index is 10.8. The average Bonchev–Trinajstić information content (AvgIpc) is 3.08. The lowest BCUT2D eigenvalue weighted by Crippen LogP contribution is -2.46. The fraction of sp³-hybridized carbons (Fsp3) is 0.412. The smallest absolute Gasteiger partial charge is 0.230 e. The molecule has 0 spiro atoms. The molecule has 0 amide bonds. The van der Waals surface area contributed by atoms with Gasteiger partial charge in [0.25, 0.3) is 0 Å². The first-order valence-corrected chi connectivity index (χ1v) is 9.45. The second-order valence-corrected chi connectivity index (χ2v) is 7.89. The SMILES string of the molecule is Cc1nc2sc(C(c3cccc(Cl)c3)N3CCN(C)CC3)c(O)n2n1. The van der Waals surface area contributed by atoms with Crippen LogP contribution in [0.15, 0.2) is 24.3 Å². The first kappa shape index (κ1) is 16.8. The number of benzene rings is 1. The molecule has 3 aromatic rings. The molecule has 1 aromatic carbocycles. The molecule has 0 radical (unpaired) electrons. The van der Waals surface area contributed by atoms with Gasteiger partial charge < -0.3 is 10.0 Å². The number of nitrogens with zero attached hydrogens (tertiary/aromatic N) is 5. The molecule has 132 valence electrons. The number of aromatic nitrogens is 3. The van der Waals surface area contributed by atoms with E-state index in [1.165, 1.54) is 15.9 Å². The summed E-state index contributed by atoms with van der Waals surface area (Å²) in [5.41, 5.74) is 1.08. The first-order valence-electron chi connectivity index (χ1n) is 8.26. The monoisotopic (exact) mass is 377 g/mol. The van der Waals surface area contributed by atoms with Gasteiger partial charge in [0.1, 0.15) is 5.82 Å². The summed E-state index contributed by atoms with van der Waals surface area (Å²) in [6.45, 7) is 5.68. The zero-order valence-corrected chi connectivity index (χ0v) is 15.8. The van der Waals surface area contributed by atoms with E-state index < -0.39 is 0 Å². The van der Waals surface area contributed by atoms with E-state index in [4.69, 9.17) is 11.6 Å². The van der Waals surface area contributed by atoms with Crippen molar-refractivity contribution in [2.45, 2.75) is 13.0 Å². The molecule has 1 fully saturated rings. The maximum Gasteiger partial charge on any atom is 0.230 e. The molecule has 1 aliphatic rings. The van der Waals surface area contributed by atoms with Gasteiger partial charge in [0.2, 0.25) is 10.8 Å². The molecule has 1 N–H and O–H groups in total. The number of hydrogen-bond donors (Lipinski definition) is 1. The normalized spacial score (nSPS) is 18.0. The van der Waals surface area contributed by atoms with Crippen molar-refractivity contribution in [3.8, 4) is 5.88 Å². The number of halogens is 1. The number of aryl methyl sites for hydroxylation is 1. The Morgan fingerprint density at radius 1 is 1.24 bits per heavy atom. The van der Waals surface area contributed by atoms with Crippen molar-refractivity contribution in [2.24, 2.45) is 0 Å². The summed E-state index contributed by atoms with van der Waals surface area (Å²) in [4.78, 5) is 10.7. The molecule has 1 aliphatic heterocycles. The predicted molar refractivity (Wildman–Crippen MR) is 99.6 cm³/mol. The second kappa shape index (κ2) is 6.57. The molecular formula is C17H20ClN5OS. The predicted octanol–water partition coefficient (Wildman–Crippen LogP) is 2.80. The van der Waals surface area contributed by atoms with Crippen LogP contribution in [-0.2, 0) is 0 Å². The van der Waals surface area contributed by atoms with Crippen molar-refractivity contribution >= 4 is 27.9 Å². The van der Waals surface area contributed by atoms with Gasteiger partial charge >= 0.3 is 0 Å². The average molecular weight is 378 g/mol.